The van der Waals surface area contributed by atoms with E-state index in [1.165, 1.54) is 0 Å². The molecule has 1 saturated heterocycles. The summed E-state index contributed by atoms with van der Waals surface area (Å²) in [7, 11) is 0. The number of carbonyl (C=O) groups excluding carboxylic acids is 1. The maximum absolute atomic E-state index is 11.8. The maximum atomic E-state index is 11.8. The SMILES string of the molecule is Cc1cc(N2CCOCC2)nc(NCCNC(=O)COc2ncccn2)n1. The first-order valence-corrected chi connectivity index (χ1v) is 8.79. The van der Waals surface area contributed by atoms with E-state index < -0.39 is 0 Å². The minimum absolute atomic E-state index is 0.133. The second kappa shape index (κ2) is 9.62. The normalized spacial score (nSPS) is 13.9. The lowest BCUT2D eigenvalue weighted by Gasteiger charge is -2.28. The first-order valence-electron chi connectivity index (χ1n) is 8.79. The average molecular weight is 373 g/mol. The van der Waals surface area contributed by atoms with Gasteiger partial charge in [0, 0.05) is 50.3 Å². The number of morpholine rings is 1. The summed E-state index contributed by atoms with van der Waals surface area (Å²) in [5, 5.41) is 5.89. The third-order valence-corrected chi connectivity index (χ3v) is 3.78. The number of aryl methyl sites for hydroxylation is 1. The van der Waals surface area contributed by atoms with Crippen LogP contribution in [0.5, 0.6) is 6.01 Å². The molecular weight excluding hydrogens is 350 g/mol. The predicted molar refractivity (Wildman–Crippen MR) is 98.8 cm³/mol. The Morgan fingerprint density at radius 3 is 2.78 bits per heavy atom. The number of ether oxygens (including phenoxy) is 2. The monoisotopic (exact) mass is 373 g/mol. The zero-order valence-corrected chi connectivity index (χ0v) is 15.2. The minimum Gasteiger partial charge on any atom is -0.453 e. The molecule has 0 spiro atoms. The molecule has 0 bridgehead atoms. The van der Waals surface area contributed by atoms with Gasteiger partial charge in [0.1, 0.15) is 5.82 Å². The van der Waals surface area contributed by atoms with Crippen molar-refractivity contribution < 1.29 is 14.3 Å². The number of rotatable bonds is 8. The second-order valence-corrected chi connectivity index (χ2v) is 5.89. The molecule has 2 aromatic rings. The highest BCUT2D eigenvalue weighted by atomic mass is 16.5. The third kappa shape index (κ3) is 6.03. The van der Waals surface area contributed by atoms with E-state index in [1.54, 1.807) is 18.5 Å². The molecule has 0 atom stereocenters. The number of aromatic nitrogens is 4. The molecule has 2 N–H and O–H groups in total. The molecule has 0 saturated carbocycles. The van der Waals surface area contributed by atoms with Crippen LogP contribution in [0.3, 0.4) is 0 Å². The summed E-state index contributed by atoms with van der Waals surface area (Å²) in [6, 6.07) is 3.81. The molecule has 0 aliphatic carbocycles. The topological polar surface area (TPSA) is 114 Å². The minimum atomic E-state index is -0.247. The van der Waals surface area contributed by atoms with Crippen LogP contribution in [0.25, 0.3) is 0 Å². The van der Waals surface area contributed by atoms with Crippen molar-refractivity contribution >= 4 is 17.7 Å². The molecule has 10 nitrogen and oxygen atoms in total. The van der Waals surface area contributed by atoms with E-state index in [9.17, 15) is 4.79 Å². The van der Waals surface area contributed by atoms with Gasteiger partial charge in [-0.2, -0.15) is 4.98 Å². The first-order chi connectivity index (χ1) is 13.2. The average Bonchev–Trinajstić information content (AvgIpc) is 2.71. The van der Waals surface area contributed by atoms with Gasteiger partial charge in [-0.15, -0.1) is 0 Å². The molecule has 3 heterocycles. The van der Waals surface area contributed by atoms with E-state index in [0.717, 1.165) is 24.6 Å². The lowest BCUT2D eigenvalue weighted by molar-refractivity contribution is -0.123. The predicted octanol–water partition coefficient (Wildman–Crippen LogP) is 0.0187. The van der Waals surface area contributed by atoms with Gasteiger partial charge < -0.3 is 25.0 Å². The van der Waals surface area contributed by atoms with Gasteiger partial charge in [0.2, 0.25) is 5.95 Å². The van der Waals surface area contributed by atoms with E-state index in [4.69, 9.17) is 9.47 Å². The van der Waals surface area contributed by atoms with Crippen LogP contribution >= 0.6 is 0 Å². The standard InChI is InChI=1S/C17H23N7O3/c1-13-11-14(24-7-9-26-10-8-24)23-16(22-13)19-6-5-18-15(25)12-27-17-20-3-2-4-21-17/h2-4,11H,5-10,12H2,1H3,(H,18,25)(H,19,22,23). The summed E-state index contributed by atoms with van der Waals surface area (Å²) in [6.07, 6.45) is 3.11. The van der Waals surface area contributed by atoms with Crippen molar-refractivity contribution in [3.8, 4) is 6.01 Å². The Bertz CT molecular complexity index is 739. The summed E-state index contributed by atoms with van der Waals surface area (Å²) in [5.41, 5.74) is 0.884. The number of carbonyl (C=O) groups is 1. The number of hydrogen-bond donors (Lipinski definition) is 2. The molecule has 27 heavy (non-hydrogen) atoms. The molecule has 10 heteroatoms. The maximum Gasteiger partial charge on any atom is 0.316 e. The number of nitrogens with zero attached hydrogens (tertiary/aromatic N) is 5. The largest absolute Gasteiger partial charge is 0.453 e. The van der Waals surface area contributed by atoms with Crippen molar-refractivity contribution in [2.24, 2.45) is 0 Å². The Hall–Kier alpha value is -3.01. The van der Waals surface area contributed by atoms with E-state index in [-0.39, 0.29) is 18.5 Å². The van der Waals surface area contributed by atoms with Gasteiger partial charge in [0.05, 0.1) is 13.2 Å². The van der Waals surface area contributed by atoms with Crippen LogP contribution in [0.1, 0.15) is 5.69 Å². The summed E-state index contributed by atoms with van der Waals surface area (Å²) >= 11 is 0. The van der Waals surface area contributed by atoms with Crippen molar-refractivity contribution in [2.75, 3.05) is 56.2 Å². The highest BCUT2D eigenvalue weighted by Crippen LogP contribution is 2.15. The Labute approximate surface area is 157 Å². The fourth-order valence-corrected chi connectivity index (χ4v) is 2.50. The van der Waals surface area contributed by atoms with Crippen molar-refractivity contribution in [1.29, 1.82) is 0 Å². The molecule has 1 fully saturated rings. The number of nitrogens with one attached hydrogen (secondary N) is 2. The lowest BCUT2D eigenvalue weighted by atomic mass is 10.3. The molecule has 0 aromatic carbocycles. The van der Waals surface area contributed by atoms with Gasteiger partial charge in [-0.1, -0.05) is 0 Å². The smallest absolute Gasteiger partial charge is 0.316 e. The summed E-state index contributed by atoms with van der Waals surface area (Å²) in [4.78, 5) is 30.7. The number of amides is 1. The molecule has 1 amide bonds. The Kier molecular flexibility index (Phi) is 6.69. The second-order valence-electron chi connectivity index (χ2n) is 5.89. The zero-order valence-electron chi connectivity index (χ0n) is 15.2. The van der Waals surface area contributed by atoms with Crippen molar-refractivity contribution in [3.63, 3.8) is 0 Å². The molecule has 0 unspecified atom stereocenters. The van der Waals surface area contributed by atoms with Gasteiger partial charge in [0.25, 0.3) is 5.91 Å². The highest BCUT2D eigenvalue weighted by molar-refractivity contribution is 5.77. The number of hydrogen-bond acceptors (Lipinski definition) is 9. The molecular formula is C17H23N7O3. The summed E-state index contributed by atoms with van der Waals surface area (Å²) in [6.45, 7) is 5.76. The quantitative estimate of drug-likeness (QED) is 0.618. The molecule has 144 valence electrons. The van der Waals surface area contributed by atoms with Crippen LogP contribution in [-0.2, 0) is 9.53 Å². The van der Waals surface area contributed by atoms with Gasteiger partial charge in [-0.3, -0.25) is 4.79 Å². The van der Waals surface area contributed by atoms with Crippen molar-refractivity contribution in [2.45, 2.75) is 6.92 Å². The van der Waals surface area contributed by atoms with E-state index in [1.807, 2.05) is 13.0 Å². The van der Waals surface area contributed by atoms with Gasteiger partial charge in [-0.05, 0) is 13.0 Å². The van der Waals surface area contributed by atoms with Crippen LogP contribution in [-0.4, -0.2) is 71.8 Å². The fourth-order valence-electron chi connectivity index (χ4n) is 2.50. The molecule has 0 radical (unpaired) electrons. The Morgan fingerprint density at radius 2 is 2.00 bits per heavy atom. The fraction of sp³-hybridized carbons (Fsp3) is 0.471. The summed E-state index contributed by atoms with van der Waals surface area (Å²) < 4.78 is 10.6. The Morgan fingerprint density at radius 1 is 1.22 bits per heavy atom. The first kappa shape index (κ1) is 18.8. The van der Waals surface area contributed by atoms with Crippen LogP contribution in [0.4, 0.5) is 11.8 Å². The molecule has 1 aliphatic rings. The Balaban J connectivity index is 1.40. The van der Waals surface area contributed by atoms with E-state index >= 15 is 0 Å². The van der Waals surface area contributed by atoms with E-state index in [2.05, 4.69) is 35.5 Å². The number of anilines is 2. The van der Waals surface area contributed by atoms with Crippen LogP contribution in [0.2, 0.25) is 0 Å². The van der Waals surface area contributed by atoms with Crippen LogP contribution in [0.15, 0.2) is 24.5 Å². The van der Waals surface area contributed by atoms with Crippen molar-refractivity contribution in [1.82, 2.24) is 25.3 Å². The molecule has 1 aliphatic heterocycles. The van der Waals surface area contributed by atoms with Gasteiger partial charge in [0.15, 0.2) is 6.61 Å². The molecule has 2 aromatic heterocycles. The highest BCUT2D eigenvalue weighted by Gasteiger charge is 2.14. The molecule has 3 rings (SSSR count). The van der Waals surface area contributed by atoms with Crippen LogP contribution < -0.4 is 20.3 Å². The van der Waals surface area contributed by atoms with Crippen molar-refractivity contribution in [3.05, 3.63) is 30.2 Å². The third-order valence-electron chi connectivity index (χ3n) is 3.78. The lowest BCUT2D eigenvalue weighted by Crippen LogP contribution is -2.37. The van der Waals surface area contributed by atoms with Crippen LogP contribution in [0, 0.1) is 6.92 Å². The van der Waals surface area contributed by atoms with Gasteiger partial charge in [-0.25, -0.2) is 15.0 Å². The van der Waals surface area contributed by atoms with E-state index in [0.29, 0.717) is 32.3 Å². The van der Waals surface area contributed by atoms with Gasteiger partial charge >= 0.3 is 6.01 Å². The zero-order chi connectivity index (χ0) is 18.9. The summed E-state index contributed by atoms with van der Waals surface area (Å²) in [5.74, 6) is 1.18.